The molecule has 51 heavy (non-hydrogen) atoms. The van der Waals surface area contributed by atoms with Crippen LogP contribution in [0.1, 0.15) is 47.5 Å². The Hall–Kier alpha value is -4.39. The number of nitrogens with one attached hydrogen (secondary N) is 2. The van der Waals surface area contributed by atoms with Crippen molar-refractivity contribution in [1.29, 1.82) is 0 Å². The highest BCUT2D eigenvalue weighted by Gasteiger charge is 2.17. The molecule has 0 radical (unpaired) electrons. The fourth-order valence-electron chi connectivity index (χ4n) is 3.59. The second-order valence-electron chi connectivity index (χ2n) is 9.82. The average molecular weight is 800 g/mol. The number of thiocarbonyl (C=S) groups is 1. The molecule has 0 aliphatic rings. The van der Waals surface area contributed by atoms with E-state index in [1.165, 1.54) is 11.3 Å². The standard InChI is InChI=1S/C16H17N5OS.C10H12BrNO2.C6H8N4S.C2H6O/c1-3-22-10-13-14(12-6-4-5-8-17-12)20-16(23-13)21-15-18-9-7-11(2)19-15;1-2-14-7-8(11)10(13)9-5-3-4-6-12-9;1-4-2-3-8-6(9-4)10-5(7)11;1-2-3/h4-9H,3,10H2,1-2H3,(H,18,19,20,21);3-6,8H,2,7H2,1H3;2-3H,1H3,(H3,7,8,9,10,11);3H,2H2,1H3. The maximum atomic E-state index is 11.7. The van der Waals surface area contributed by atoms with Crippen LogP contribution in [0.5, 0.6) is 0 Å². The van der Waals surface area contributed by atoms with Crippen molar-refractivity contribution in [3.05, 3.63) is 95.3 Å². The second kappa shape index (κ2) is 24.7. The van der Waals surface area contributed by atoms with Crippen LogP contribution in [0.25, 0.3) is 11.4 Å². The van der Waals surface area contributed by atoms with E-state index in [0.29, 0.717) is 44.0 Å². The molecule has 14 nitrogen and oxygen atoms in total. The Kier molecular flexibility index (Phi) is 20.7. The normalized spacial score (nSPS) is 10.6. The first-order valence-corrected chi connectivity index (χ1v) is 17.9. The van der Waals surface area contributed by atoms with Gasteiger partial charge in [0.05, 0.1) is 23.8 Å². The molecule has 5 heterocycles. The lowest BCUT2D eigenvalue weighted by Crippen LogP contribution is -2.21. The fraction of sp³-hybridized carbons (Fsp3) is 0.324. The molecule has 1 atom stereocenters. The van der Waals surface area contributed by atoms with Crippen molar-refractivity contribution < 1.29 is 19.4 Å². The molecular formula is C34H43BrN10O4S2. The highest BCUT2D eigenvalue weighted by molar-refractivity contribution is 9.10. The number of aliphatic hydroxyl groups is 1. The monoisotopic (exact) mass is 798 g/mol. The lowest BCUT2D eigenvalue weighted by molar-refractivity contribution is 0.0910. The number of halogens is 1. The van der Waals surface area contributed by atoms with Crippen molar-refractivity contribution in [1.82, 2.24) is 34.9 Å². The number of carbonyl (C=O) groups excluding carboxylic acids is 1. The predicted octanol–water partition coefficient (Wildman–Crippen LogP) is 6.09. The van der Waals surface area contributed by atoms with Gasteiger partial charge in [0.2, 0.25) is 11.9 Å². The number of ketones is 1. The highest BCUT2D eigenvalue weighted by Crippen LogP contribution is 2.31. The Bertz CT molecular complexity index is 1740. The van der Waals surface area contributed by atoms with Gasteiger partial charge in [-0.25, -0.2) is 24.9 Å². The number of pyridine rings is 2. The third-order valence-electron chi connectivity index (χ3n) is 5.76. The minimum Gasteiger partial charge on any atom is -0.397 e. The number of ether oxygens (including phenoxy) is 2. The number of carbonyl (C=O) groups is 1. The summed E-state index contributed by atoms with van der Waals surface area (Å²) in [5.74, 6) is 0.936. The third kappa shape index (κ3) is 16.9. The van der Waals surface area contributed by atoms with Gasteiger partial charge in [0.1, 0.15) is 16.2 Å². The van der Waals surface area contributed by atoms with E-state index < -0.39 is 0 Å². The summed E-state index contributed by atoms with van der Waals surface area (Å²) in [4.78, 5) is 41.8. The number of hydrogen-bond donors (Lipinski definition) is 4. The molecule has 1 unspecified atom stereocenters. The zero-order chi connectivity index (χ0) is 37.4. The largest absolute Gasteiger partial charge is 0.397 e. The van der Waals surface area contributed by atoms with Gasteiger partial charge in [0.15, 0.2) is 16.0 Å². The van der Waals surface area contributed by atoms with Crippen LogP contribution in [0.3, 0.4) is 0 Å². The Morgan fingerprint density at radius 1 is 0.882 bits per heavy atom. The molecule has 0 bridgehead atoms. The molecule has 0 amide bonds. The van der Waals surface area contributed by atoms with Gasteiger partial charge in [-0.3, -0.25) is 14.8 Å². The molecule has 0 saturated carbocycles. The summed E-state index contributed by atoms with van der Waals surface area (Å²) in [6.45, 7) is 11.7. The molecule has 5 N–H and O–H groups in total. The van der Waals surface area contributed by atoms with Gasteiger partial charge in [0, 0.05) is 56.0 Å². The maximum absolute atomic E-state index is 11.7. The molecule has 0 aliphatic carbocycles. The van der Waals surface area contributed by atoms with E-state index >= 15 is 0 Å². The van der Waals surface area contributed by atoms with Gasteiger partial charge in [-0.15, -0.1) is 0 Å². The van der Waals surface area contributed by atoms with Gasteiger partial charge in [-0.2, -0.15) is 0 Å². The van der Waals surface area contributed by atoms with Gasteiger partial charge < -0.3 is 30.9 Å². The van der Waals surface area contributed by atoms with Crippen molar-refractivity contribution in [3.8, 4) is 11.4 Å². The van der Waals surface area contributed by atoms with Crippen LogP contribution in [0.15, 0.2) is 73.3 Å². The Labute approximate surface area is 315 Å². The van der Waals surface area contributed by atoms with Crippen molar-refractivity contribution in [2.45, 2.75) is 46.1 Å². The van der Waals surface area contributed by atoms with Crippen molar-refractivity contribution in [2.75, 3.05) is 37.1 Å². The highest BCUT2D eigenvalue weighted by atomic mass is 79.9. The van der Waals surface area contributed by atoms with E-state index in [1.807, 2.05) is 52.0 Å². The van der Waals surface area contributed by atoms with E-state index in [0.717, 1.165) is 32.8 Å². The molecule has 0 spiro atoms. The van der Waals surface area contributed by atoms with Crippen molar-refractivity contribution in [2.24, 2.45) is 5.73 Å². The first-order chi connectivity index (χ1) is 24.6. The first-order valence-electron chi connectivity index (χ1n) is 15.8. The molecule has 0 saturated heterocycles. The number of nitrogens with two attached hydrogens (primary N) is 1. The van der Waals surface area contributed by atoms with Crippen LogP contribution < -0.4 is 16.4 Å². The van der Waals surface area contributed by atoms with E-state index in [1.54, 1.807) is 56.0 Å². The Balaban J connectivity index is 0.000000275. The zero-order valence-corrected chi connectivity index (χ0v) is 32.3. The van der Waals surface area contributed by atoms with Crippen LogP contribution >= 0.6 is 39.5 Å². The minimum absolute atomic E-state index is 0.0425. The van der Waals surface area contributed by atoms with E-state index in [-0.39, 0.29) is 22.3 Å². The summed E-state index contributed by atoms with van der Waals surface area (Å²) < 4.78 is 10.7. The number of hydrogen-bond acceptors (Lipinski definition) is 14. The molecule has 5 aromatic rings. The van der Waals surface area contributed by atoms with Crippen molar-refractivity contribution in [3.63, 3.8) is 0 Å². The maximum Gasteiger partial charge on any atom is 0.229 e. The molecule has 5 rings (SSSR count). The van der Waals surface area contributed by atoms with Gasteiger partial charge in [-0.05, 0) is 83.2 Å². The molecule has 0 aliphatic heterocycles. The molecule has 17 heteroatoms. The number of aryl methyl sites for hydroxylation is 2. The molecular weight excluding hydrogens is 756 g/mol. The number of thiazole rings is 1. The fourth-order valence-corrected chi connectivity index (χ4v) is 5.01. The quantitative estimate of drug-likeness (QED) is 0.0643. The number of aromatic nitrogens is 7. The zero-order valence-electron chi connectivity index (χ0n) is 29.1. The van der Waals surface area contributed by atoms with Crippen LogP contribution in [0.2, 0.25) is 0 Å². The Morgan fingerprint density at radius 2 is 1.49 bits per heavy atom. The smallest absolute Gasteiger partial charge is 0.229 e. The SMILES string of the molecule is CCO.CCOCC(Br)C(=O)c1ccccn1.CCOCc1sc(Nc2nccc(C)n2)nc1-c1ccccn1.Cc1ccnc(NC(N)=S)n1. The lowest BCUT2D eigenvalue weighted by Gasteiger charge is -2.07. The van der Waals surface area contributed by atoms with Crippen LogP contribution in [0.4, 0.5) is 17.0 Å². The predicted molar refractivity (Wildman–Crippen MR) is 208 cm³/mol. The minimum atomic E-state index is -0.308. The number of anilines is 3. The van der Waals surface area contributed by atoms with Crippen LogP contribution in [-0.4, -0.2) is 82.1 Å². The summed E-state index contributed by atoms with van der Waals surface area (Å²) in [5, 5.41) is 14.3. The number of Topliss-reactive ketones (excluding diaryl/α,β-unsaturated/α-hetero) is 1. The van der Waals surface area contributed by atoms with E-state index in [9.17, 15) is 4.79 Å². The number of rotatable bonds is 12. The number of alkyl halides is 1. The summed E-state index contributed by atoms with van der Waals surface area (Å²) in [7, 11) is 0. The molecule has 0 fully saturated rings. The molecule has 5 aromatic heterocycles. The molecule has 272 valence electrons. The van der Waals surface area contributed by atoms with E-state index in [2.05, 4.69) is 73.7 Å². The van der Waals surface area contributed by atoms with Gasteiger partial charge in [0.25, 0.3) is 0 Å². The third-order valence-corrected chi connectivity index (χ3v) is 7.48. The first kappa shape index (κ1) is 42.8. The van der Waals surface area contributed by atoms with Crippen LogP contribution in [0, 0.1) is 13.8 Å². The summed E-state index contributed by atoms with van der Waals surface area (Å²) in [6, 6.07) is 14.7. The topological polar surface area (TPSA) is 196 Å². The number of aliphatic hydroxyl groups excluding tert-OH is 1. The van der Waals surface area contributed by atoms with E-state index in [4.69, 9.17) is 20.3 Å². The second-order valence-corrected chi connectivity index (χ2v) is 12.5. The van der Waals surface area contributed by atoms with Gasteiger partial charge >= 0.3 is 0 Å². The summed E-state index contributed by atoms with van der Waals surface area (Å²) in [6.07, 6.45) is 6.73. The number of nitrogens with zero attached hydrogens (tertiary/aromatic N) is 7. The van der Waals surface area contributed by atoms with Gasteiger partial charge in [-0.1, -0.05) is 39.4 Å². The lowest BCUT2D eigenvalue weighted by atomic mass is 10.2. The Morgan fingerprint density at radius 3 is 2.04 bits per heavy atom. The summed E-state index contributed by atoms with van der Waals surface area (Å²) in [5.41, 5.74) is 9.12. The van der Waals surface area contributed by atoms with Crippen molar-refractivity contribution >= 4 is 67.4 Å². The average Bonchev–Trinajstić information content (AvgIpc) is 3.53. The van der Waals surface area contributed by atoms with Crippen LogP contribution in [-0.2, 0) is 16.1 Å². The molecule has 0 aromatic carbocycles. The summed E-state index contributed by atoms with van der Waals surface area (Å²) >= 11 is 9.40.